The van der Waals surface area contributed by atoms with Crippen LogP contribution in [-0.4, -0.2) is 78.5 Å². The number of halogens is 1. The summed E-state index contributed by atoms with van der Waals surface area (Å²) in [6.07, 6.45) is 10.4. The van der Waals surface area contributed by atoms with Crippen LogP contribution < -0.4 is 0 Å². The zero-order valence-electron chi connectivity index (χ0n) is 28.2. The molecule has 4 rings (SSSR count). The number of Topliss-reactive ketones (excluding diaryl/α,β-unsaturated/α-hetero) is 1. The van der Waals surface area contributed by atoms with Gasteiger partial charge in [-0.05, 0) is 61.9 Å². The van der Waals surface area contributed by atoms with Gasteiger partial charge in [0.05, 0.1) is 37.1 Å². The Hall–Kier alpha value is -2.07. The van der Waals surface area contributed by atoms with Crippen LogP contribution in [0.2, 0.25) is 0 Å². The number of carbonyl (C=O) groups is 2. The maximum absolute atomic E-state index is 15.6. The molecule has 1 saturated carbocycles. The van der Waals surface area contributed by atoms with E-state index in [2.05, 4.69) is 19.9 Å². The van der Waals surface area contributed by atoms with Crippen LogP contribution in [0.5, 0.6) is 0 Å². The molecule has 0 bridgehead atoms. The van der Waals surface area contributed by atoms with Gasteiger partial charge in [-0.15, -0.1) is 0 Å². The molecule has 0 radical (unpaired) electrons. The fourth-order valence-electron chi connectivity index (χ4n) is 8.42. The van der Waals surface area contributed by atoms with Crippen LogP contribution in [0, 0.1) is 35.5 Å². The smallest absolute Gasteiger partial charge is 0.345 e. The monoisotopic (exact) mass is 634 g/mol. The van der Waals surface area contributed by atoms with Crippen LogP contribution in [0.15, 0.2) is 35.1 Å². The van der Waals surface area contributed by atoms with E-state index >= 15 is 4.39 Å². The molecular weight excluding hydrogens is 579 g/mol. The Morgan fingerprint density at radius 3 is 2.49 bits per heavy atom. The van der Waals surface area contributed by atoms with Gasteiger partial charge in [0.25, 0.3) is 0 Å². The van der Waals surface area contributed by atoms with E-state index in [1.165, 1.54) is 0 Å². The van der Waals surface area contributed by atoms with E-state index in [9.17, 15) is 19.8 Å². The van der Waals surface area contributed by atoms with E-state index in [4.69, 9.17) is 18.9 Å². The van der Waals surface area contributed by atoms with Gasteiger partial charge in [0.2, 0.25) is 5.78 Å². The summed E-state index contributed by atoms with van der Waals surface area (Å²) >= 11 is 0. The first-order valence-electron chi connectivity index (χ1n) is 17.0. The molecule has 8 nitrogen and oxygen atoms in total. The van der Waals surface area contributed by atoms with Crippen molar-refractivity contribution in [2.45, 2.75) is 123 Å². The number of hydrogen-bond acceptors (Lipinski definition) is 8. The lowest BCUT2D eigenvalue weighted by Crippen LogP contribution is -2.37. The molecule has 4 fully saturated rings. The minimum atomic E-state index is -1.46. The number of aliphatic hydroxyl groups is 2. The SMILES string of the molecule is CC[C@H](OC)[C@H]1C[C@](C)(F)[C@H]([C@@H](C)/C=C/[C@@H]2CC[C@@H](C)[C@H](/C(=C/[C@H]3CCC[C@@H](C)[C@@H]3[C@H](C)/C(O)=C3\C(=O)COC3=O)CO)O2)O1. The molecule has 4 aliphatic rings. The standard InChI is InChI=1S/C36H55FO8/c1-8-28(42-7)29-17-36(6,37)34(45-29)22(4)13-15-26-14-12-21(3)33(44-26)25(18-38)16-24-11-9-10-20(2)30(24)23(5)32(40)31-27(39)19-43-35(31)41/h13,15-16,20-24,26,28-30,33-34,38,40H,8-12,14,17-19H2,1-7H3/b15-13+,25-16+,32-31-/t20-,21-,22+,23+,24-,26+,28+,29-,30-,33-,34+,36+/m1/s1. The number of methoxy groups -OCH3 is 1. The second-order valence-corrected chi connectivity index (χ2v) is 14.3. The second-order valence-electron chi connectivity index (χ2n) is 14.3. The van der Waals surface area contributed by atoms with Gasteiger partial charge in [-0.2, -0.15) is 0 Å². The zero-order chi connectivity index (χ0) is 33.1. The van der Waals surface area contributed by atoms with Gasteiger partial charge in [0, 0.05) is 25.4 Å². The lowest BCUT2D eigenvalue weighted by atomic mass is 9.66. The average Bonchev–Trinajstić information content (AvgIpc) is 3.51. The first-order valence-corrected chi connectivity index (χ1v) is 17.0. The molecule has 12 atom stereocenters. The molecule has 1 aliphatic carbocycles. The van der Waals surface area contributed by atoms with Crippen LogP contribution in [-0.2, 0) is 28.5 Å². The van der Waals surface area contributed by atoms with Crippen LogP contribution in [0.1, 0.15) is 86.5 Å². The fraction of sp³-hybridized carbons (Fsp3) is 0.778. The molecule has 0 spiro atoms. The molecule has 45 heavy (non-hydrogen) atoms. The van der Waals surface area contributed by atoms with Crippen molar-refractivity contribution in [1.82, 2.24) is 0 Å². The zero-order valence-corrected chi connectivity index (χ0v) is 28.2. The number of allylic oxidation sites excluding steroid dienone is 2. The lowest BCUT2D eigenvalue weighted by molar-refractivity contribution is -0.135. The minimum absolute atomic E-state index is 0.0277. The van der Waals surface area contributed by atoms with Crippen molar-refractivity contribution in [1.29, 1.82) is 0 Å². The number of carbonyl (C=O) groups excluding carboxylic acids is 2. The van der Waals surface area contributed by atoms with Crippen LogP contribution >= 0.6 is 0 Å². The van der Waals surface area contributed by atoms with Crippen LogP contribution in [0.25, 0.3) is 0 Å². The summed E-state index contributed by atoms with van der Waals surface area (Å²) in [5.74, 6) is -1.59. The van der Waals surface area contributed by atoms with Crippen molar-refractivity contribution < 1.29 is 43.1 Å². The summed E-state index contributed by atoms with van der Waals surface area (Å²) in [4.78, 5) is 24.5. The van der Waals surface area contributed by atoms with Crippen LogP contribution in [0.3, 0.4) is 0 Å². The molecule has 9 heteroatoms. The van der Waals surface area contributed by atoms with E-state index in [0.29, 0.717) is 6.42 Å². The lowest BCUT2D eigenvalue weighted by Gasteiger charge is -2.41. The second kappa shape index (κ2) is 15.2. The number of esters is 1. The molecule has 254 valence electrons. The van der Waals surface area contributed by atoms with Gasteiger partial charge in [0.1, 0.15) is 17.0 Å². The highest BCUT2D eigenvalue weighted by atomic mass is 19.1. The Morgan fingerprint density at radius 1 is 1.13 bits per heavy atom. The van der Waals surface area contributed by atoms with Crippen molar-refractivity contribution >= 4 is 11.8 Å². The first-order chi connectivity index (χ1) is 21.3. The van der Waals surface area contributed by atoms with Crippen molar-refractivity contribution in [2.75, 3.05) is 20.3 Å². The van der Waals surface area contributed by atoms with Gasteiger partial charge in [-0.3, -0.25) is 4.79 Å². The molecule has 0 unspecified atom stereocenters. The number of cyclic esters (lactones) is 1. The molecule has 0 aromatic carbocycles. The third-order valence-corrected chi connectivity index (χ3v) is 10.9. The highest BCUT2D eigenvalue weighted by Gasteiger charge is 2.49. The third kappa shape index (κ3) is 7.91. The normalized spacial score (nSPS) is 39.6. The maximum atomic E-state index is 15.6. The van der Waals surface area contributed by atoms with Crippen molar-refractivity contribution in [3.63, 3.8) is 0 Å². The topological polar surface area (TPSA) is 112 Å². The van der Waals surface area contributed by atoms with Crippen LogP contribution in [0.4, 0.5) is 4.39 Å². The van der Waals surface area contributed by atoms with Gasteiger partial charge in [-0.1, -0.05) is 65.7 Å². The van der Waals surface area contributed by atoms with Crippen molar-refractivity contribution in [3.8, 4) is 0 Å². The average molecular weight is 635 g/mol. The number of ketones is 1. The minimum Gasteiger partial charge on any atom is -0.511 e. The summed E-state index contributed by atoms with van der Waals surface area (Å²) in [6.45, 7) is 11.3. The predicted molar refractivity (Wildman–Crippen MR) is 169 cm³/mol. The molecule has 3 saturated heterocycles. The van der Waals surface area contributed by atoms with E-state index < -0.39 is 29.4 Å². The van der Waals surface area contributed by atoms with Gasteiger partial charge in [0.15, 0.2) is 6.61 Å². The van der Waals surface area contributed by atoms with E-state index in [0.717, 1.165) is 44.1 Å². The quantitative estimate of drug-likeness (QED) is 0.0907. The van der Waals surface area contributed by atoms with Gasteiger partial charge < -0.3 is 29.2 Å². The van der Waals surface area contributed by atoms with Gasteiger partial charge in [-0.25, -0.2) is 9.18 Å². The molecule has 0 aromatic rings. The molecule has 0 amide bonds. The number of rotatable bonds is 11. The molecular formula is C36H55FO8. The predicted octanol–water partition coefficient (Wildman–Crippen LogP) is 6.22. The summed E-state index contributed by atoms with van der Waals surface area (Å²) in [5, 5.41) is 21.6. The fourth-order valence-corrected chi connectivity index (χ4v) is 8.42. The van der Waals surface area contributed by atoms with Crippen molar-refractivity contribution in [2.24, 2.45) is 35.5 Å². The number of alkyl halides is 1. The molecule has 0 aromatic heterocycles. The Balaban J connectivity index is 1.49. The van der Waals surface area contributed by atoms with Crippen molar-refractivity contribution in [3.05, 3.63) is 35.1 Å². The number of ether oxygens (including phenoxy) is 4. The highest BCUT2D eigenvalue weighted by Crippen LogP contribution is 2.45. The third-order valence-electron chi connectivity index (χ3n) is 10.9. The van der Waals surface area contributed by atoms with E-state index in [-0.39, 0.29) is 78.6 Å². The van der Waals surface area contributed by atoms with E-state index in [1.54, 1.807) is 14.0 Å². The summed E-state index contributed by atoms with van der Waals surface area (Å²) in [5.41, 5.74) is -0.871. The Bertz CT molecular complexity index is 1120. The Labute approximate surface area is 268 Å². The number of hydrogen-bond donors (Lipinski definition) is 2. The first kappa shape index (κ1) is 35.8. The Morgan fingerprint density at radius 2 is 1.87 bits per heavy atom. The summed E-state index contributed by atoms with van der Waals surface area (Å²) in [7, 11) is 1.64. The molecule has 3 aliphatic heterocycles. The highest BCUT2D eigenvalue weighted by molar-refractivity contribution is 6.22. The summed E-state index contributed by atoms with van der Waals surface area (Å²) in [6, 6.07) is 0. The molecule has 3 heterocycles. The summed E-state index contributed by atoms with van der Waals surface area (Å²) < 4.78 is 38.8. The maximum Gasteiger partial charge on any atom is 0.345 e. The molecule has 2 N–H and O–H groups in total. The van der Waals surface area contributed by atoms with Gasteiger partial charge >= 0.3 is 5.97 Å². The van der Waals surface area contributed by atoms with E-state index in [1.807, 2.05) is 32.9 Å². The Kier molecular flexibility index (Phi) is 12.1. The largest absolute Gasteiger partial charge is 0.511 e. The number of aliphatic hydroxyl groups excluding tert-OH is 2.